The monoisotopic (exact) mass is 192 g/mol. The first-order valence-electron chi connectivity index (χ1n) is 5.02. The second kappa shape index (κ2) is 4.55. The molecule has 1 aromatic carbocycles. The molecule has 1 aromatic rings. The first kappa shape index (κ1) is 9.65. The van der Waals surface area contributed by atoms with E-state index in [-0.39, 0.29) is 12.1 Å². The van der Waals surface area contributed by atoms with E-state index in [4.69, 9.17) is 10.5 Å². The van der Waals surface area contributed by atoms with E-state index in [0.29, 0.717) is 6.54 Å². The highest BCUT2D eigenvalue weighted by molar-refractivity contribution is 5.19. The van der Waals surface area contributed by atoms with Gasteiger partial charge >= 0.3 is 0 Å². The molecule has 0 amide bonds. The van der Waals surface area contributed by atoms with Crippen LogP contribution in [-0.4, -0.2) is 25.7 Å². The Morgan fingerprint density at radius 2 is 2.14 bits per heavy atom. The zero-order valence-electron chi connectivity index (χ0n) is 8.15. The van der Waals surface area contributed by atoms with Crippen molar-refractivity contribution in [3.63, 3.8) is 0 Å². The van der Waals surface area contributed by atoms with Gasteiger partial charge in [0.25, 0.3) is 0 Å². The van der Waals surface area contributed by atoms with Crippen molar-refractivity contribution in [1.82, 2.24) is 5.32 Å². The molecule has 76 valence electrons. The quantitative estimate of drug-likeness (QED) is 0.724. The molecular formula is C11H16N2O. The zero-order valence-corrected chi connectivity index (χ0v) is 8.15. The lowest BCUT2D eigenvalue weighted by Crippen LogP contribution is -2.47. The van der Waals surface area contributed by atoms with E-state index in [1.165, 1.54) is 5.56 Å². The van der Waals surface area contributed by atoms with Gasteiger partial charge in [0.1, 0.15) is 0 Å². The van der Waals surface area contributed by atoms with Gasteiger partial charge in [0.2, 0.25) is 0 Å². The molecule has 1 aliphatic rings. The van der Waals surface area contributed by atoms with Crippen LogP contribution in [0, 0.1) is 0 Å². The van der Waals surface area contributed by atoms with Gasteiger partial charge < -0.3 is 15.8 Å². The number of nitrogens with two attached hydrogens (primary N) is 1. The van der Waals surface area contributed by atoms with Crippen LogP contribution in [0.1, 0.15) is 11.7 Å². The van der Waals surface area contributed by atoms with Crippen LogP contribution in [-0.2, 0) is 4.74 Å². The fraction of sp³-hybridized carbons (Fsp3) is 0.455. The lowest BCUT2D eigenvalue weighted by atomic mass is 10.0. The van der Waals surface area contributed by atoms with Gasteiger partial charge in [-0.2, -0.15) is 0 Å². The molecule has 1 fully saturated rings. The van der Waals surface area contributed by atoms with Gasteiger partial charge in [-0.05, 0) is 5.56 Å². The number of rotatable bonds is 2. The first-order chi connectivity index (χ1) is 6.92. The molecule has 14 heavy (non-hydrogen) atoms. The molecule has 3 heteroatoms. The van der Waals surface area contributed by atoms with Crippen molar-refractivity contribution in [2.24, 2.45) is 5.73 Å². The second-order valence-corrected chi connectivity index (χ2v) is 3.50. The lowest BCUT2D eigenvalue weighted by Gasteiger charge is -2.32. The van der Waals surface area contributed by atoms with E-state index in [1.54, 1.807) is 0 Å². The summed E-state index contributed by atoms with van der Waals surface area (Å²) in [5, 5.41) is 3.37. The molecule has 0 spiro atoms. The van der Waals surface area contributed by atoms with Crippen LogP contribution in [0.4, 0.5) is 0 Å². The molecule has 1 saturated heterocycles. The number of benzene rings is 1. The summed E-state index contributed by atoms with van der Waals surface area (Å²) in [6, 6.07) is 10.5. The van der Waals surface area contributed by atoms with Gasteiger partial charge in [-0.1, -0.05) is 30.3 Å². The summed E-state index contributed by atoms with van der Waals surface area (Å²) in [6.45, 7) is 2.26. The summed E-state index contributed by atoms with van der Waals surface area (Å²) in [5.74, 6) is 0. The third kappa shape index (κ3) is 1.95. The second-order valence-electron chi connectivity index (χ2n) is 3.50. The van der Waals surface area contributed by atoms with Gasteiger partial charge in [0.15, 0.2) is 0 Å². The van der Waals surface area contributed by atoms with Crippen LogP contribution < -0.4 is 11.1 Å². The van der Waals surface area contributed by atoms with Gasteiger partial charge in [-0.25, -0.2) is 0 Å². The molecule has 1 aliphatic heterocycles. The summed E-state index contributed by atoms with van der Waals surface area (Å²) >= 11 is 0. The molecule has 0 aliphatic carbocycles. The van der Waals surface area contributed by atoms with Gasteiger partial charge in [0, 0.05) is 19.1 Å². The Labute approximate surface area is 84.3 Å². The number of hydrogen-bond acceptors (Lipinski definition) is 3. The van der Waals surface area contributed by atoms with Crippen molar-refractivity contribution in [3.8, 4) is 0 Å². The van der Waals surface area contributed by atoms with E-state index in [2.05, 4.69) is 17.4 Å². The molecule has 2 rings (SSSR count). The third-order valence-electron chi connectivity index (χ3n) is 2.55. The maximum atomic E-state index is 5.72. The van der Waals surface area contributed by atoms with Crippen LogP contribution in [0.2, 0.25) is 0 Å². The summed E-state index contributed by atoms with van der Waals surface area (Å²) in [6.07, 6.45) is 0.106. The minimum absolute atomic E-state index is 0.106. The Hall–Kier alpha value is -0.900. The van der Waals surface area contributed by atoms with E-state index in [0.717, 1.165) is 13.2 Å². The molecule has 0 aromatic heterocycles. The van der Waals surface area contributed by atoms with E-state index < -0.39 is 0 Å². The molecule has 1 heterocycles. The molecule has 3 N–H and O–H groups in total. The SMILES string of the molecule is NCC1NCCOC1c1ccccc1. The Morgan fingerprint density at radius 1 is 1.36 bits per heavy atom. The first-order valence-corrected chi connectivity index (χ1v) is 5.02. The molecule has 0 saturated carbocycles. The maximum Gasteiger partial charge on any atom is 0.0990 e. The average molecular weight is 192 g/mol. The molecule has 0 radical (unpaired) electrons. The Kier molecular flexibility index (Phi) is 3.14. The third-order valence-corrected chi connectivity index (χ3v) is 2.55. The van der Waals surface area contributed by atoms with Crippen molar-refractivity contribution in [3.05, 3.63) is 35.9 Å². The predicted octanol–water partition coefficient (Wildman–Crippen LogP) is 0.675. The number of morpholine rings is 1. The van der Waals surface area contributed by atoms with Gasteiger partial charge in [-0.3, -0.25) is 0 Å². The van der Waals surface area contributed by atoms with Crippen molar-refractivity contribution in [2.45, 2.75) is 12.1 Å². The zero-order chi connectivity index (χ0) is 9.80. The fourth-order valence-electron chi connectivity index (χ4n) is 1.83. The highest BCUT2D eigenvalue weighted by Crippen LogP contribution is 2.22. The number of ether oxygens (including phenoxy) is 1. The van der Waals surface area contributed by atoms with Crippen molar-refractivity contribution >= 4 is 0 Å². The highest BCUT2D eigenvalue weighted by Gasteiger charge is 2.25. The molecule has 2 atom stereocenters. The predicted molar refractivity (Wildman–Crippen MR) is 56.0 cm³/mol. The van der Waals surface area contributed by atoms with E-state index >= 15 is 0 Å². The van der Waals surface area contributed by atoms with Crippen LogP contribution >= 0.6 is 0 Å². The summed E-state index contributed by atoms with van der Waals surface area (Å²) in [5.41, 5.74) is 6.89. The highest BCUT2D eigenvalue weighted by atomic mass is 16.5. The Morgan fingerprint density at radius 3 is 2.86 bits per heavy atom. The normalized spacial score (nSPS) is 27.5. The van der Waals surface area contributed by atoms with Gasteiger partial charge in [-0.15, -0.1) is 0 Å². The maximum absolute atomic E-state index is 5.72. The molecule has 0 bridgehead atoms. The summed E-state index contributed by atoms with van der Waals surface area (Å²) in [4.78, 5) is 0. The minimum Gasteiger partial charge on any atom is -0.371 e. The topological polar surface area (TPSA) is 47.3 Å². The fourth-order valence-corrected chi connectivity index (χ4v) is 1.83. The largest absolute Gasteiger partial charge is 0.371 e. The molecule has 2 unspecified atom stereocenters. The average Bonchev–Trinajstić information content (AvgIpc) is 2.30. The van der Waals surface area contributed by atoms with Crippen molar-refractivity contribution < 1.29 is 4.74 Å². The Balaban J connectivity index is 2.15. The standard InChI is InChI=1S/C11H16N2O/c12-8-10-11(14-7-6-13-10)9-4-2-1-3-5-9/h1-5,10-11,13H,6-8,12H2. The van der Waals surface area contributed by atoms with Crippen molar-refractivity contribution in [1.29, 1.82) is 0 Å². The van der Waals surface area contributed by atoms with Crippen LogP contribution in [0.15, 0.2) is 30.3 Å². The molecule has 3 nitrogen and oxygen atoms in total. The van der Waals surface area contributed by atoms with Crippen LogP contribution in [0.5, 0.6) is 0 Å². The summed E-state index contributed by atoms with van der Waals surface area (Å²) in [7, 11) is 0. The summed E-state index contributed by atoms with van der Waals surface area (Å²) < 4.78 is 5.72. The lowest BCUT2D eigenvalue weighted by molar-refractivity contribution is -0.00286. The van der Waals surface area contributed by atoms with Crippen LogP contribution in [0.25, 0.3) is 0 Å². The molecular weight excluding hydrogens is 176 g/mol. The van der Waals surface area contributed by atoms with Crippen LogP contribution in [0.3, 0.4) is 0 Å². The minimum atomic E-state index is 0.106. The smallest absolute Gasteiger partial charge is 0.0990 e. The van der Waals surface area contributed by atoms with E-state index in [1.807, 2.05) is 18.2 Å². The number of hydrogen-bond donors (Lipinski definition) is 2. The van der Waals surface area contributed by atoms with E-state index in [9.17, 15) is 0 Å². The van der Waals surface area contributed by atoms with Gasteiger partial charge in [0.05, 0.1) is 12.7 Å². The number of nitrogens with one attached hydrogen (secondary N) is 1. The van der Waals surface area contributed by atoms with Crippen molar-refractivity contribution in [2.75, 3.05) is 19.7 Å². The Bertz CT molecular complexity index is 276.